The summed E-state index contributed by atoms with van der Waals surface area (Å²) in [5.41, 5.74) is 3.04. The molecule has 1 aliphatic heterocycles. The van der Waals surface area contributed by atoms with E-state index >= 15 is 0 Å². The topological polar surface area (TPSA) is 105 Å². The maximum atomic E-state index is 13.2. The van der Waals surface area contributed by atoms with E-state index in [0.29, 0.717) is 47.8 Å². The Bertz CT molecular complexity index is 1650. The summed E-state index contributed by atoms with van der Waals surface area (Å²) >= 11 is 0. The highest BCUT2D eigenvalue weighted by Gasteiger charge is 2.24. The Labute approximate surface area is 249 Å². The maximum Gasteiger partial charge on any atom is 0.264 e. The molecule has 10 heteroatoms. The predicted molar refractivity (Wildman–Crippen MR) is 166 cm³/mol. The van der Waals surface area contributed by atoms with Crippen LogP contribution >= 0.6 is 0 Å². The smallest absolute Gasteiger partial charge is 0.264 e. The van der Waals surface area contributed by atoms with Gasteiger partial charge in [0.1, 0.15) is 4.90 Å². The molecule has 2 aromatic heterocycles. The van der Waals surface area contributed by atoms with Crippen molar-refractivity contribution in [2.75, 3.05) is 38.0 Å². The number of para-hydroxylation sites is 1. The third-order valence-electron chi connectivity index (χ3n) is 7.70. The first kappa shape index (κ1) is 29.5. The minimum absolute atomic E-state index is 0. The number of hydrogen-bond donors (Lipinski definition) is 1. The quantitative estimate of drug-likeness (QED) is 0.303. The molecule has 2 aromatic carbocycles. The molecule has 1 aliphatic carbocycles. The van der Waals surface area contributed by atoms with E-state index in [1.165, 1.54) is 31.7 Å². The first-order valence-electron chi connectivity index (χ1n) is 14.3. The molecule has 222 valence electrons. The third-order valence-corrected chi connectivity index (χ3v) is 9.10. The van der Waals surface area contributed by atoms with Crippen LogP contribution in [0.3, 0.4) is 0 Å². The van der Waals surface area contributed by atoms with Crippen LogP contribution < -0.4 is 9.46 Å². The van der Waals surface area contributed by atoms with E-state index in [9.17, 15) is 13.2 Å². The van der Waals surface area contributed by atoms with Crippen molar-refractivity contribution in [1.82, 2.24) is 19.8 Å². The highest BCUT2D eigenvalue weighted by molar-refractivity contribution is 7.93. The van der Waals surface area contributed by atoms with Gasteiger partial charge in [-0.25, -0.2) is 13.4 Å². The number of methoxy groups -OCH3 is 1. The minimum atomic E-state index is -3.88. The number of piperazine rings is 1. The first-order chi connectivity index (χ1) is 20.4. The molecule has 1 N–H and O–H groups in total. The number of pyridine rings is 2. The van der Waals surface area contributed by atoms with Crippen LogP contribution in [-0.2, 0) is 16.6 Å². The Balaban J connectivity index is 0.000000782. The number of benzene rings is 2. The molecule has 1 amide bonds. The molecule has 1 saturated carbocycles. The Morgan fingerprint density at radius 1 is 0.929 bits per heavy atom. The number of rotatable bonds is 7. The summed E-state index contributed by atoms with van der Waals surface area (Å²) in [5.74, 6) is 0.549. The second-order valence-electron chi connectivity index (χ2n) is 10.6. The molecule has 3 heterocycles. The largest absolute Gasteiger partial charge is 0.481 e. The van der Waals surface area contributed by atoms with Gasteiger partial charge in [0.15, 0.2) is 0 Å². The van der Waals surface area contributed by atoms with Crippen molar-refractivity contribution in [3.05, 3.63) is 89.7 Å². The average Bonchev–Trinajstić information content (AvgIpc) is 2.97. The van der Waals surface area contributed by atoms with Gasteiger partial charge in [-0.1, -0.05) is 49.9 Å². The molecule has 2 aliphatic rings. The van der Waals surface area contributed by atoms with Crippen LogP contribution in [0.1, 0.15) is 48.6 Å². The van der Waals surface area contributed by atoms with Crippen molar-refractivity contribution in [1.29, 1.82) is 0 Å². The summed E-state index contributed by atoms with van der Waals surface area (Å²) in [7, 11) is -2.27. The monoisotopic (exact) mass is 589 g/mol. The third kappa shape index (κ3) is 6.88. The molecular formula is C32H39N5O4S. The number of hydrogen-bond acceptors (Lipinski definition) is 7. The fourth-order valence-electron chi connectivity index (χ4n) is 4.91. The van der Waals surface area contributed by atoms with Gasteiger partial charge in [-0.3, -0.25) is 19.4 Å². The van der Waals surface area contributed by atoms with Gasteiger partial charge in [0.25, 0.3) is 15.9 Å². The lowest BCUT2D eigenvalue weighted by atomic mass is 10.0. The lowest BCUT2D eigenvalue weighted by Gasteiger charge is -2.35. The molecular weight excluding hydrogens is 550 g/mol. The SMILES string of the molecule is C1CCC1.COc1ncccc1CN1CCN(C(=O)c2ccc(NS(=O)(=O)c3cccc4cccnc34)c(C)c2)CC1.[HH]. The fourth-order valence-corrected chi connectivity index (χ4v) is 6.23. The Morgan fingerprint density at radius 2 is 1.62 bits per heavy atom. The van der Waals surface area contributed by atoms with Crippen molar-refractivity contribution in [3.63, 3.8) is 0 Å². The molecule has 9 nitrogen and oxygen atoms in total. The predicted octanol–water partition coefficient (Wildman–Crippen LogP) is 5.51. The second-order valence-corrected chi connectivity index (χ2v) is 12.3. The van der Waals surface area contributed by atoms with Crippen molar-refractivity contribution in [2.45, 2.75) is 44.0 Å². The zero-order chi connectivity index (χ0) is 29.5. The lowest BCUT2D eigenvalue weighted by molar-refractivity contribution is 0.0627. The van der Waals surface area contributed by atoms with Gasteiger partial charge in [-0.15, -0.1) is 0 Å². The molecule has 6 rings (SSSR count). The summed E-state index contributed by atoms with van der Waals surface area (Å²) < 4.78 is 34.4. The van der Waals surface area contributed by atoms with Gasteiger partial charge in [0.2, 0.25) is 5.88 Å². The van der Waals surface area contributed by atoms with Gasteiger partial charge >= 0.3 is 0 Å². The van der Waals surface area contributed by atoms with Gasteiger partial charge in [0, 0.05) is 63.1 Å². The van der Waals surface area contributed by atoms with Crippen molar-refractivity contribution in [3.8, 4) is 5.88 Å². The fraction of sp³-hybridized carbons (Fsp3) is 0.344. The molecule has 1 saturated heterocycles. The van der Waals surface area contributed by atoms with Crippen LogP contribution in [-0.4, -0.2) is 67.4 Å². The lowest BCUT2D eigenvalue weighted by Crippen LogP contribution is -2.48. The van der Waals surface area contributed by atoms with E-state index in [2.05, 4.69) is 19.6 Å². The molecule has 0 bridgehead atoms. The highest BCUT2D eigenvalue weighted by atomic mass is 32.2. The Hall–Kier alpha value is -4.02. The number of aromatic nitrogens is 2. The number of nitrogens with zero attached hydrogens (tertiary/aromatic N) is 4. The maximum absolute atomic E-state index is 13.2. The Kier molecular flexibility index (Phi) is 9.34. The number of anilines is 1. The molecule has 4 aromatic rings. The van der Waals surface area contributed by atoms with Crippen molar-refractivity contribution in [2.24, 2.45) is 0 Å². The standard InChI is InChI=1S/C28H29N5O4S.C4H8.H2/c1-20-18-22(28(34)33-16-14-32(15-17-33)19-23-8-5-13-30-27(23)37-2)10-11-24(20)31-38(35,36)25-9-3-6-21-7-4-12-29-26(21)25;1-2-4-3-1;/h3-13,18,31H,14-17,19H2,1-2H3;1-4H2;1H. The number of sulfonamides is 1. The van der Waals surface area contributed by atoms with Crippen LogP contribution in [0.4, 0.5) is 5.69 Å². The van der Waals surface area contributed by atoms with E-state index in [0.717, 1.165) is 24.0 Å². The number of carbonyl (C=O) groups is 1. The van der Waals surface area contributed by atoms with Crippen LogP contribution in [0.5, 0.6) is 5.88 Å². The van der Waals surface area contributed by atoms with Gasteiger partial charge < -0.3 is 9.64 Å². The summed E-state index contributed by atoms with van der Waals surface area (Å²) in [6.45, 7) is 5.17. The first-order valence-corrected chi connectivity index (χ1v) is 15.8. The molecule has 0 unspecified atom stereocenters. The van der Waals surface area contributed by atoms with E-state index in [1.807, 2.05) is 29.2 Å². The number of nitrogens with one attached hydrogen (secondary N) is 1. The van der Waals surface area contributed by atoms with E-state index in [1.54, 1.807) is 56.8 Å². The summed E-state index contributed by atoms with van der Waals surface area (Å²) in [4.78, 5) is 25.9. The van der Waals surface area contributed by atoms with Crippen LogP contribution in [0.15, 0.2) is 78.0 Å². The zero-order valence-corrected chi connectivity index (χ0v) is 24.9. The molecule has 0 atom stereocenters. The number of aryl methyl sites for hydroxylation is 1. The van der Waals surface area contributed by atoms with Crippen molar-refractivity contribution >= 4 is 32.5 Å². The summed E-state index contributed by atoms with van der Waals surface area (Å²) in [6, 6.07) is 17.6. The van der Waals surface area contributed by atoms with Gasteiger partial charge in [-0.05, 0) is 48.9 Å². The normalized spacial score (nSPS) is 15.3. The van der Waals surface area contributed by atoms with E-state index in [4.69, 9.17) is 4.74 Å². The number of ether oxygens (including phenoxy) is 1. The minimum Gasteiger partial charge on any atom is -0.481 e. The summed E-state index contributed by atoms with van der Waals surface area (Å²) in [6.07, 6.45) is 9.28. The number of amides is 1. The molecule has 42 heavy (non-hydrogen) atoms. The van der Waals surface area contributed by atoms with Gasteiger partial charge in [0.05, 0.1) is 18.3 Å². The molecule has 0 radical (unpaired) electrons. The zero-order valence-electron chi connectivity index (χ0n) is 24.1. The summed E-state index contributed by atoms with van der Waals surface area (Å²) in [5, 5.41) is 0.743. The van der Waals surface area contributed by atoms with Gasteiger partial charge in [-0.2, -0.15) is 0 Å². The van der Waals surface area contributed by atoms with Crippen LogP contribution in [0.2, 0.25) is 0 Å². The number of fused-ring (bicyclic) bond motifs is 1. The number of carbonyl (C=O) groups excluding carboxylic acids is 1. The van der Waals surface area contributed by atoms with Crippen LogP contribution in [0.25, 0.3) is 10.9 Å². The van der Waals surface area contributed by atoms with Crippen molar-refractivity contribution < 1.29 is 19.4 Å². The van der Waals surface area contributed by atoms with Crippen LogP contribution in [0, 0.1) is 6.92 Å². The Morgan fingerprint density at radius 3 is 2.31 bits per heavy atom. The molecule has 0 spiro atoms. The van der Waals surface area contributed by atoms with E-state index < -0.39 is 10.0 Å². The second kappa shape index (κ2) is 13.3. The average molecular weight is 590 g/mol. The highest BCUT2D eigenvalue weighted by Crippen LogP contribution is 2.26. The van der Waals surface area contributed by atoms with E-state index in [-0.39, 0.29) is 12.2 Å². The molecule has 2 fully saturated rings.